The van der Waals surface area contributed by atoms with Crippen LogP contribution in [0.4, 0.5) is 5.69 Å². The van der Waals surface area contributed by atoms with E-state index in [4.69, 9.17) is 11.6 Å². The van der Waals surface area contributed by atoms with Gasteiger partial charge < -0.3 is 0 Å². The van der Waals surface area contributed by atoms with Crippen molar-refractivity contribution in [2.75, 3.05) is 0 Å². The van der Waals surface area contributed by atoms with Gasteiger partial charge in [-0.05, 0) is 29.7 Å². The van der Waals surface area contributed by atoms with E-state index in [-0.39, 0.29) is 11.6 Å². The van der Waals surface area contributed by atoms with Crippen molar-refractivity contribution < 1.29 is 4.92 Å². The van der Waals surface area contributed by atoms with Crippen LogP contribution in [0.2, 0.25) is 5.02 Å². The minimum absolute atomic E-state index is 0.0439. The highest BCUT2D eigenvalue weighted by molar-refractivity contribution is 6.31. The third kappa shape index (κ3) is 3.31. The van der Waals surface area contributed by atoms with Crippen molar-refractivity contribution in [3.63, 3.8) is 0 Å². The van der Waals surface area contributed by atoms with Crippen LogP contribution in [0, 0.1) is 17.0 Å². The number of aryl methyl sites for hydroxylation is 1. The van der Waals surface area contributed by atoms with Crippen LogP contribution in [0.5, 0.6) is 0 Å². The fourth-order valence-corrected chi connectivity index (χ4v) is 3.05. The number of halogens is 1. The van der Waals surface area contributed by atoms with Crippen LogP contribution < -0.4 is 0 Å². The minimum atomic E-state index is -0.392. The first-order valence-electron chi connectivity index (χ1n) is 7.61. The third-order valence-corrected chi connectivity index (χ3v) is 4.39. The quantitative estimate of drug-likeness (QED) is 0.346. The topological polar surface area (TPSA) is 43.1 Å². The first-order valence-corrected chi connectivity index (χ1v) is 7.99. The van der Waals surface area contributed by atoms with E-state index < -0.39 is 4.92 Å². The molecule has 24 heavy (non-hydrogen) atoms. The van der Waals surface area contributed by atoms with Crippen LogP contribution in [-0.2, 0) is 0 Å². The van der Waals surface area contributed by atoms with Crippen LogP contribution in [-0.4, -0.2) is 4.92 Å². The van der Waals surface area contributed by atoms with Crippen molar-refractivity contribution >= 4 is 17.3 Å². The molecule has 0 N–H and O–H groups in total. The van der Waals surface area contributed by atoms with Gasteiger partial charge in [-0.3, -0.25) is 10.1 Å². The molecule has 3 aromatic rings. The molecule has 0 aromatic heterocycles. The van der Waals surface area contributed by atoms with E-state index in [1.54, 1.807) is 12.1 Å². The van der Waals surface area contributed by atoms with E-state index in [0.717, 1.165) is 22.3 Å². The van der Waals surface area contributed by atoms with E-state index in [1.807, 2.05) is 61.5 Å². The molecular weight excluding hydrogens is 322 g/mol. The minimum Gasteiger partial charge on any atom is -0.258 e. The summed E-state index contributed by atoms with van der Waals surface area (Å²) in [4.78, 5) is 10.8. The Morgan fingerprint density at radius 2 is 1.54 bits per heavy atom. The summed E-state index contributed by atoms with van der Waals surface area (Å²) in [5, 5.41) is 11.7. The highest BCUT2D eigenvalue weighted by atomic mass is 35.5. The van der Waals surface area contributed by atoms with Gasteiger partial charge in [0, 0.05) is 23.1 Å². The lowest BCUT2D eigenvalue weighted by Crippen LogP contribution is -2.05. The molecule has 1 atom stereocenters. The van der Waals surface area contributed by atoms with E-state index in [9.17, 15) is 10.1 Å². The van der Waals surface area contributed by atoms with Crippen molar-refractivity contribution in [3.8, 4) is 0 Å². The van der Waals surface area contributed by atoms with Gasteiger partial charge in [-0.1, -0.05) is 71.8 Å². The van der Waals surface area contributed by atoms with Gasteiger partial charge in [-0.15, -0.1) is 0 Å². The molecule has 3 aromatic carbocycles. The molecule has 1 unspecified atom stereocenters. The first kappa shape index (κ1) is 16.2. The van der Waals surface area contributed by atoms with Crippen molar-refractivity contribution in [1.82, 2.24) is 0 Å². The molecule has 3 nitrogen and oxygen atoms in total. The Labute approximate surface area is 145 Å². The second kappa shape index (κ2) is 6.85. The Hall–Kier alpha value is -2.65. The molecule has 0 saturated carbocycles. The highest BCUT2D eigenvalue weighted by Gasteiger charge is 2.21. The molecule has 0 saturated heterocycles. The summed E-state index contributed by atoms with van der Waals surface area (Å²) >= 11 is 6.40. The SMILES string of the molecule is Cc1ccc(C(c2ccccc2)c2cc([N+](=O)[O-])ccc2Cl)cc1. The molecule has 3 rings (SSSR count). The van der Waals surface area contributed by atoms with Crippen LogP contribution >= 0.6 is 11.6 Å². The lowest BCUT2D eigenvalue weighted by molar-refractivity contribution is -0.384. The zero-order valence-electron chi connectivity index (χ0n) is 13.1. The van der Waals surface area contributed by atoms with Crippen LogP contribution in [0.1, 0.15) is 28.2 Å². The number of non-ortho nitro benzene ring substituents is 1. The Balaban J connectivity index is 2.20. The third-order valence-electron chi connectivity index (χ3n) is 4.04. The summed E-state index contributed by atoms with van der Waals surface area (Å²) in [5.41, 5.74) is 4.04. The smallest absolute Gasteiger partial charge is 0.258 e. The van der Waals surface area contributed by atoms with Crippen molar-refractivity contribution in [1.29, 1.82) is 0 Å². The Kier molecular flexibility index (Phi) is 4.63. The zero-order chi connectivity index (χ0) is 17.1. The van der Waals surface area contributed by atoms with Gasteiger partial charge in [0.05, 0.1) is 4.92 Å². The number of hydrogen-bond acceptors (Lipinski definition) is 2. The van der Waals surface area contributed by atoms with E-state index >= 15 is 0 Å². The second-order valence-electron chi connectivity index (χ2n) is 5.72. The maximum Gasteiger partial charge on any atom is 0.269 e. The maximum atomic E-state index is 11.2. The van der Waals surface area contributed by atoms with Crippen LogP contribution in [0.3, 0.4) is 0 Å². The molecule has 0 aliphatic heterocycles. The Bertz CT molecular complexity index is 861. The lowest BCUT2D eigenvalue weighted by atomic mass is 9.84. The first-order chi connectivity index (χ1) is 11.6. The standard InChI is InChI=1S/C20H16ClNO2/c1-14-7-9-16(10-8-14)20(15-5-3-2-4-6-15)18-13-17(22(23)24)11-12-19(18)21/h2-13,20H,1H3. The predicted octanol–water partition coefficient (Wildman–Crippen LogP) is 5.74. The molecule has 120 valence electrons. The van der Waals surface area contributed by atoms with Gasteiger partial charge in [0.2, 0.25) is 0 Å². The van der Waals surface area contributed by atoms with E-state index in [2.05, 4.69) is 0 Å². The summed E-state index contributed by atoms with van der Waals surface area (Å²) < 4.78 is 0. The molecule has 0 spiro atoms. The van der Waals surface area contributed by atoms with E-state index in [0.29, 0.717) is 5.02 Å². The summed E-state index contributed by atoms with van der Waals surface area (Å²) in [6.07, 6.45) is 0. The highest BCUT2D eigenvalue weighted by Crippen LogP contribution is 2.37. The number of rotatable bonds is 4. The molecule has 0 amide bonds. The zero-order valence-corrected chi connectivity index (χ0v) is 13.9. The molecule has 0 radical (unpaired) electrons. The van der Waals surface area contributed by atoms with Gasteiger partial charge in [0.25, 0.3) is 5.69 Å². The number of nitrogens with zero attached hydrogens (tertiary/aromatic N) is 1. The normalized spacial score (nSPS) is 11.9. The summed E-state index contributed by atoms with van der Waals surface area (Å²) in [6, 6.07) is 22.7. The Morgan fingerprint density at radius 3 is 2.17 bits per heavy atom. The lowest BCUT2D eigenvalue weighted by Gasteiger charge is -2.20. The fraction of sp³-hybridized carbons (Fsp3) is 0.100. The number of hydrogen-bond donors (Lipinski definition) is 0. The molecule has 0 bridgehead atoms. The number of nitro benzene ring substituents is 1. The average Bonchev–Trinajstić information content (AvgIpc) is 2.59. The van der Waals surface area contributed by atoms with Crippen molar-refractivity contribution in [3.05, 3.63) is 110 Å². The Morgan fingerprint density at radius 1 is 0.917 bits per heavy atom. The molecule has 0 fully saturated rings. The fourth-order valence-electron chi connectivity index (χ4n) is 2.82. The number of nitro groups is 1. The van der Waals surface area contributed by atoms with Gasteiger partial charge in [-0.25, -0.2) is 0 Å². The molecule has 0 heterocycles. The van der Waals surface area contributed by atoms with Gasteiger partial charge in [-0.2, -0.15) is 0 Å². The van der Waals surface area contributed by atoms with Crippen molar-refractivity contribution in [2.45, 2.75) is 12.8 Å². The van der Waals surface area contributed by atoms with Crippen LogP contribution in [0.15, 0.2) is 72.8 Å². The van der Waals surface area contributed by atoms with Gasteiger partial charge in [0.15, 0.2) is 0 Å². The molecule has 0 aliphatic carbocycles. The van der Waals surface area contributed by atoms with Gasteiger partial charge in [0.1, 0.15) is 0 Å². The summed E-state index contributed by atoms with van der Waals surface area (Å²) in [6.45, 7) is 2.03. The maximum absolute atomic E-state index is 11.2. The van der Waals surface area contributed by atoms with Gasteiger partial charge >= 0.3 is 0 Å². The van der Waals surface area contributed by atoms with Crippen molar-refractivity contribution in [2.24, 2.45) is 0 Å². The summed E-state index contributed by atoms with van der Waals surface area (Å²) in [7, 11) is 0. The summed E-state index contributed by atoms with van der Waals surface area (Å²) in [5.74, 6) is -0.154. The monoisotopic (exact) mass is 337 g/mol. The largest absolute Gasteiger partial charge is 0.269 e. The van der Waals surface area contributed by atoms with Crippen LogP contribution in [0.25, 0.3) is 0 Å². The molecule has 0 aliphatic rings. The average molecular weight is 338 g/mol. The van der Waals surface area contributed by atoms with E-state index in [1.165, 1.54) is 6.07 Å². The molecular formula is C20H16ClNO2. The molecule has 4 heteroatoms. The number of benzene rings is 3. The second-order valence-corrected chi connectivity index (χ2v) is 6.12. The predicted molar refractivity (Wildman–Crippen MR) is 96.7 cm³/mol.